The summed E-state index contributed by atoms with van der Waals surface area (Å²) in [6.45, 7) is 1.76. The number of nitrogens with one attached hydrogen (secondary N) is 1. The summed E-state index contributed by atoms with van der Waals surface area (Å²) in [6.07, 6.45) is 1.53. The van der Waals surface area contributed by atoms with Gasteiger partial charge in [0.2, 0.25) is 0 Å². The Bertz CT molecular complexity index is 700. The molecule has 9 heteroatoms. The lowest BCUT2D eigenvalue weighted by molar-refractivity contribution is -0.384. The summed E-state index contributed by atoms with van der Waals surface area (Å²) >= 11 is 3.22. The van der Waals surface area contributed by atoms with Gasteiger partial charge in [0.05, 0.1) is 16.5 Å². The van der Waals surface area contributed by atoms with Gasteiger partial charge in [-0.3, -0.25) is 14.9 Å². The van der Waals surface area contributed by atoms with Gasteiger partial charge < -0.3 is 9.88 Å². The van der Waals surface area contributed by atoms with E-state index < -0.39 is 10.8 Å². The van der Waals surface area contributed by atoms with Crippen LogP contribution >= 0.6 is 15.9 Å². The van der Waals surface area contributed by atoms with Crippen LogP contribution in [0.25, 0.3) is 0 Å². The minimum atomic E-state index is -0.546. The fourth-order valence-electron chi connectivity index (χ4n) is 1.82. The molecule has 0 saturated carbocycles. The van der Waals surface area contributed by atoms with Crippen molar-refractivity contribution < 1.29 is 9.72 Å². The van der Waals surface area contributed by atoms with Crippen molar-refractivity contribution in [3.63, 3.8) is 0 Å². The molecular weight excluding hydrogens is 342 g/mol. The van der Waals surface area contributed by atoms with E-state index in [1.807, 2.05) is 0 Å². The minimum Gasteiger partial charge on any atom is -0.342 e. The number of aryl methyl sites for hydroxylation is 1. The zero-order chi connectivity index (χ0) is 15.6. The number of nitro groups is 1. The van der Waals surface area contributed by atoms with Crippen LogP contribution < -0.4 is 5.32 Å². The van der Waals surface area contributed by atoms with Gasteiger partial charge in [0.25, 0.3) is 11.6 Å². The minimum absolute atomic E-state index is 0.144. The summed E-state index contributed by atoms with van der Waals surface area (Å²) in [5.41, 5.74) is 0.0490. The number of hydrogen-bond donors (Lipinski definition) is 1. The molecule has 1 aromatic heterocycles. The van der Waals surface area contributed by atoms with Crippen LogP contribution in [0.1, 0.15) is 29.1 Å². The van der Waals surface area contributed by atoms with Gasteiger partial charge in [-0.2, -0.15) is 0 Å². The molecule has 0 bridgehead atoms. The van der Waals surface area contributed by atoms with E-state index in [0.29, 0.717) is 10.3 Å². The number of nitro benzene ring substituents is 1. The highest BCUT2D eigenvalue weighted by Crippen LogP contribution is 2.23. The zero-order valence-electron chi connectivity index (χ0n) is 11.3. The molecule has 0 aliphatic heterocycles. The fraction of sp³-hybridized carbons (Fsp3) is 0.250. The zero-order valence-corrected chi connectivity index (χ0v) is 12.9. The number of carbonyl (C=O) groups excluding carboxylic acids is 1. The summed E-state index contributed by atoms with van der Waals surface area (Å²) in [7, 11) is 1.77. The molecule has 1 unspecified atom stereocenters. The van der Waals surface area contributed by atoms with Crippen LogP contribution in [0.3, 0.4) is 0 Å². The molecule has 0 radical (unpaired) electrons. The van der Waals surface area contributed by atoms with Crippen LogP contribution in [0, 0.1) is 10.1 Å². The van der Waals surface area contributed by atoms with Gasteiger partial charge in [-0.1, -0.05) is 0 Å². The predicted molar refractivity (Wildman–Crippen MR) is 77.7 cm³/mol. The first-order chi connectivity index (χ1) is 9.90. The maximum absolute atomic E-state index is 12.2. The van der Waals surface area contributed by atoms with Crippen LogP contribution in [0.15, 0.2) is 29.0 Å². The Hall–Kier alpha value is -2.29. The first kappa shape index (κ1) is 15.1. The largest absolute Gasteiger partial charge is 0.342 e. The molecule has 2 rings (SSSR count). The van der Waals surface area contributed by atoms with Gasteiger partial charge in [0, 0.05) is 23.7 Å². The molecule has 0 fully saturated rings. The summed E-state index contributed by atoms with van der Waals surface area (Å²) < 4.78 is 2.17. The average Bonchev–Trinajstić information content (AvgIpc) is 2.85. The number of non-ortho nitro benzene ring substituents is 1. The number of benzene rings is 1. The molecule has 21 heavy (non-hydrogen) atoms. The predicted octanol–water partition coefficient (Wildman–Crippen LogP) is 1.98. The number of halogens is 1. The molecule has 1 aromatic carbocycles. The second kappa shape index (κ2) is 6.00. The van der Waals surface area contributed by atoms with Crippen molar-refractivity contribution in [1.82, 2.24) is 20.1 Å². The van der Waals surface area contributed by atoms with Crippen LogP contribution in [-0.4, -0.2) is 25.6 Å². The van der Waals surface area contributed by atoms with E-state index in [9.17, 15) is 14.9 Å². The SMILES string of the molecule is CC(NC(=O)c1cc([N+](=O)[O-])ccc1Br)c1nncn1C. The maximum atomic E-state index is 12.2. The Labute approximate surface area is 128 Å². The van der Waals surface area contributed by atoms with E-state index >= 15 is 0 Å². The van der Waals surface area contributed by atoms with Crippen molar-refractivity contribution >= 4 is 27.5 Å². The number of aromatic nitrogens is 3. The van der Waals surface area contributed by atoms with Gasteiger partial charge in [-0.15, -0.1) is 10.2 Å². The summed E-state index contributed by atoms with van der Waals surface area (Å²) in [6, 6.07) is 3.65. The number of nitrogens with zero attached hydrogens (tertiary/aromatic N) is 4. The topological polar surface area (TPSA) is 103 Å². The number of carbonyl (C=O) groups is 1. The van der Waals surface area contributed by atoms with Crippen molar-refractivity contribution in [2.24, 2.45) is 7.05 Å². The van der Waals surface area contributed by atoms with E-state index in [-0.39, 0.29) is 17.3 Å². The molecule has 0 aliphatic rings. The second-order valence-electron chi connectivity index (χ2n) is 4.42. The quantitative estimate of drug-likeness (QED) is 0.668. The highest BCUT2D eigenvalue weighted by Gasteiger charge is 2.19. The monoisotopic (exact) mass is 353 g/mol. The Kier molecular flexibility index (Phi) is 4.32. The third-order valence-electron chi connectivity index (χ3n) is 2.89. The molecule has 110 valence electrons. The third-order valence-corrected chi connectivity index (χ3v) is 3.58. The Balaban J connectivity index is 2.22. The van der Waals surface area contributed by atoms with E-state index in [2.05, 4.69) is 31.4 Å². The van der Waals surface area contributed by atoms with Crippen molar-refractivity contribution in [3.8, 4) is 0 Å². The van der Waals surface area contributed by atoms with E-state index in [0.717, 1.165) is 0 Å². The van der Waals surface area contributed by atoms with Crippen LogP contribution in [0.5, 0.6) is 0 Å². The number of rotatable bonds is 4. The summed E-state index contributed by atoms with van der Waals surface area (Å²) in [5.74, 6) is 0.158. The van der Waals surface area contributed by atoms with E-state index in [1.54, 1.807) is 18.5 Å². The normalized spacial score (nSPS) is 12.0. The number of hydrogen-bond acceptors (Lipinski definition) is 5. The number of amides is 1. The Morgan fingerprint density at radius 1 is 1.52 bits per heavy atom. The van der Waals surface area contributed by atoms with Gasteiger partial charge in [0.1, 0.15) is 6.33 Å². The molecule has 0 spiro atoms. The lowest BCUT2D eigenvalue weighted by atomic mass is 10.1. The Morgan fingerprint density at radius 2 is 2.24 bits per heavy atom. The standard InChI is InChI=1S/C12H12BrN5O3/c1-7(11-16-14-6-17(11)2)15-12(19)9-5-8(18(20)21)3-4-10(9)13/h3-7H,1-2H3,(H,15,19). The van der Waals surface area contributed by atoms with Crippen molar-refractivity contribution in [2.45, 2.75) is 13.0 Å². The smallest absolute Gasteiger partial charge is 0.270 e. The maximum Gasteiger partial charge on any atom is 0.270 e. The molecule has 1 atom stereocenters. The molecule has 2 aromatic rings. The van der Waals surface area contributed by atoms with Crippen molar-refractivity contribution in [3.05, 3.63) is 50.5 Å². The molecule has 0 aliphatic carbocycles. The van der Waals surface area contributed by atoms with E-state index in [1.165, 1.54) is 24.5 Å². The summed E-state index contributed by atoms with van der Waals surface area (Å²) in [4.78, 5) is 22.5. The van der Waals surface area contributed by atoms with Crippen LogP contribution in [-0.2, 0) is 7.05 Å². The molecule has 1 heterocycles. The second-order valence-corrected chi connectivity index (χ2v) is 5.27. The van der Waals surface area contributed by atoms with Crippen LogP contribution in [0.2, 0.25) is 0 Å². The Morgan fingerprint density at radius 3 is 2.81 bits per heavy atom. The molecule has 1 amide bonds. The van der Waals surface area contributed by atoms with Crippen LogP contribution in [0.4, 0.5) is 5.69 Å². The highest BCUT2D eigenvalue weighted by atomic mass is 79.9. The van der Waals surface area contributed by atoms with Gasteiger partial charge >= 0.3 is 0 Å². The molecule has 8 nitrogen and oxygen atoms in total. The first-order valence-electron chi connectivity index (χ1n) is 5.99. The van der Waals surface area contributed by atoms with E-state index in [4.69, 9.17) is 0 Å². The fourth-order valence-corrected chi connectivity index (χ4v) is 2.25. The lowest BCUT2D eigenvalue weighted by Crippen LogP contribution is -2.28. The molecule has 1 N–H and O–H groups in total. The lowest BCUT2D eigenvalue weighted by Gasteiger charge is -2.13. The average molecular weight is 354 g/mol. The van der Waals surface area contributed by atoms with Gasteiger partial charge in [-0.05, 0) is 28.9 Å². The van der Waals surface area contributed by atoms with Crippen molar-refractivity contribution in [2.75, 3.05) is 0 Å². The highest BCUT2D eigenvalue weighted by molar-refractivity contribution is 9.10. The van der Waals surface area contributed by atoms with Crippen molar-refractivity contribution in [1.29, 1.82) is 0 Å². The molecular formula is C12H12BrN5O3. The summed E-state index contributed by atoms with van der Waals surface area (Å²) in [5, 5.41) is 21.2. The molecule has 0 saturated heterocycles. The third kappa shape index (κ3) is 3.24. The van der Waals surface area contributed by atoms with Gasteiger partial charge in [0.15, 0.2) is 5.82 Å². The van der Waals surface area contributed by atoms with Gasteiger partial charge in [-0.25, -0.2) is 0 Å². The first-order valence-corrected chi connectivity index (χ1v) is 6.78.